The quantitative estimate of drug-likeness (QED) is 0.419. The third-order valence-corrected chi connectivity index (χ3v) is 6.56. The second-order valence-corrected chi connectivity index (χ2v) is 9.36. The molecule has 0 bridgehead atoms. The number of anilines is 1. The van der Waals surface area contributed by atoms with Gasteiger partial charge in [-0.15, -0.1) is 0 Å². The number of halogens is 3. The first-order chi connectivity index (χ1) is 18.2. The fraction of sp³-hybridized carbons (Fsp3) is 0.111. The second-order valence-electron chi connectivity index (χ2n) is 8.55. The number of carbonyl (C=O) groups is 2. The molecule has 38 heavy (non-hydrogen) atoms. The van der Waals surface area contributed by atoms with Crippen LogP contribution < -0.4 is 15.1 Å². The Balaban J connectivity index is 1.35. The number of hydrogen-bond donors (Lipinski definition) is 1. The number of carbonyl (C=O) groups excluding carboxylic acids is 2. The smallest absolute Gasteiger partial charge is 0.347 e. The van der Waals surface area contributed by atoms with Gasteiger partial charge in [-0.2, -0.15) is 15.4 Å². The summed E-state index contributed by atoms with van der Waals surface area (Å²) in [4.78, 5) is 27.1. The number of rotatable bonds is 5. The van der Waals surface area contributed by atoms with Gasteiger partial charge in [0.1, 0.15) is 17.6 Å². The fourth-order valence-electron chi connectivity index (χ4n) is 4.18. The van der Waals surface area contributed by atoms with Gasteiger partial charge in [0.2, 0.25) is 0 Å². The number of ether oxygens (including phenoxy) is 1. The van der Waals surface area contributed by atoms with E-state index in [-0.39, 0.29) is 44.6 Å². The van der Waals surface area contributed by atoms with E-state index < -0.39 is 6.03 Å². The van der Waals surface area contributed by atoms with Gasteiger partial charge in [-0.05, 0) is 60.0 Å². The largest absolute Gasteiger partial charge is 0.454 e. The monoisotopic (exact) mass is 549 g/mol. The molecule has 2 heterocycles. The van der Waals surface area contributed by atoms with E-state index in [0.29, 0.717) is 30.8 Å². The molecule has 3 aromatic carbocycles. The Kier molecular flexibility index (Phi) is 6.76. The zero-order valence-corrected chi connectivity index (χ0v) is 21.2. The number of amides is 3. The van der Waals surface area contributed by atoms with E-state index in [1.807, 2.05) is 6.07 Å². The van der Waals surface area contributed by atoms with E-state index >= 15 is 0 Å². The van der Waals surface area contributed by atoms with E-state index in [1.165, 1.54) is 24.3 Å². The summed E-state index contributed by atoms with van der Waals surface area (Å²) in [6.45, 7) is 4.36. The normalized spacial score (nSPS) is 15.0. The Hall–Kier alpha value is -4.39. The number of allylic oxidation sites excluding steroid dienone is 1. The summed E-state index contributed by atoms with van der Waals surface area (Å²) >= 11 is 12.9. The molecule has 1 N–H and O–H groups in total. The summed E-state index contributed by atoms with van der Waals surface area (Å²) in [5.74, 6) is 0.0770. The van der Waals surface area contributed by atoms with Crippen molar-refractivity contribution in [3.05, 3.63) is 99.4 Å². The van der Waals surface area contributed by atoms with E-state index in [9.17, 15) is 19.2 Å². The lowest BCUT2D eigenvalue weighted by atomic mass is 9.98. The molecule has 2 aliphatic heterocycles. The maximum Gasteiger partial charge on any atom is 0.347 e. The molecular formula is C27H18Cl2FN5O3. The first kappa shape index (κ1) is 25.3. The summed E-state index contributed by atoms with van der Waals surface area (Å²) < 4.78 is 19.5. The van der Waals surface area contributed by atoms with Crippen molar-refractivity contribution in [3.63, 3.8) is 0 Å². The molecule has 0 atom stereocenters. The number of hydrogen-bond acceptors (Lipinski definition) is 5. The summed E-state index contributed by atoms with van der Waals surface area (Å²) in [6, 6.07) is 15.3. The molecule has 0 aliphatic carbocycles. The topological polar surface area (TPSA) is 98.0 Å². The van der Waals surface area contributed by atoms with Crippen molar-refractivity contribution in [1.82, 2.24) is 10.2 Å². The van der Waals surface area contributed by atoms with Gasteiger partial charge in [-0.3, -0.25) is 4.79 Å². The van der Waals surface area contributed by atoms with Gasteiger partial charge in [0.05, 0.1) is 21.4 Å². The lowest BCUT2D eigenvalue weighted by Crippen LogP contribution is -2.42. The van der Waals surface area contributed by atoms with Crippen LogP contribution in [0.25, 0.3) is 0 Å². The number of benzene rings is 3. The number of nitrogens with zero attached hydrogens (tertiary/aromatic N) is 4. The van der Waals surface area contributed by atoms with E-state index in [0.717, 1.165) is 16.1 Å². The Labute approximate surface area is 227 Å². The van der Waals surface area contributed by atoms with Crippen LogP contribution in [-0.4, -0.2) is 29.1 Å². The summed E-state index contributed by atoms with van der Waals surface area (Å²) in [6.07, 6.45) is 0.586. The van der Waals surface area contributed by atoms with Crippen LogP contribution in [0.1, 0.15) is 21.5 Å². The van der Waals surface area contributed by atoms with Crippen LogP contribution in [0.15, 0.2) is 72.0 Å². The van der Waals surface area contributed by atoms with Crippen LogP contribution in [0, 0.1) is 17.1 Å². The molecule has 190 valence electrons. The molecular weight excluding hydrogens is 532 g/mol. The first-order valence-electron chi connectivity index (χ1n) is 11.4. The standard InChI is InChI=1S/C27H18Cl2FN5O3/c1-15-24(13-31)33-35(27(37)32-15)19-11-22(28)25(23(29)12-19)38-20-5-6-21-17(10-20)7-8-34(26(21)36)14-16-3-2-4-18(30)9-16/h2-6,9-12H,1,7-8,14H2,(H,32,37). The highest BCUT2D eigenvalue weighted by molar-refractivity contribution is 6.37. The Morgan fingerprint density at radius 1 is 1.13 bits per heavy atom. The van der Waals surface area contributed by atoms with Crippen LogP contribution in [-0.2, 0) is 13.0 Å². The van der Waals surface area contributed by atoms with E-state index in [4.69, 9.17) is 27.9 Å². The molecule has 0 aromatic heterocycles. The number of nitrogens with one attached hydrogen (secondary N) is 1. The SMILES string of the molecule is C=C1NC(=O)N(c2cc(Cl)c(Oc3ccc4c(c3)CCN(Cc3cccc(F)c3)C4=O)c(Cl)c2)N=C1C#N. The molecule has 0 saturated heterocycles. The van der Waals surface area contributed by atoms with Crippen LogP contribution >= 0.6 is 23.2 Å². The first-order valence-corrected chi connectivity index (χ1v) is 12.1. The van der Waals surface area contributed by atoms with Gasteiger partial charge in [-0.1, -0.05) is 41.9 Å². The Bertz CT molecular complexity index is 1560. The average Bonchev–Trinajstić information content (AvgIpc) is 2.88. The summed E-state index contributed by atoms with van der Waals surface area (Å²) in [7, 11) is 0. The molecule has 0 spiro atoms. The van der Waals surface area contributed by atoms with Gasteiger partial charge in [-0.25, -0.2) is 9.18 Å². The van der Waals surface area contributed by atoms with Crippen molar-refractivity contribution in [2.24, 2.45) is 5.10 Å². The maximum atomic E-state index is 13.5. The molecule has 0 radical (unpaired) electrons. The molecule has 0 saturated carbocycles. The molecule has 8 nitrogen and oxygen atoms in total. The zero-order chi connectivity index (χ0) is 27.0. The number of fused-ring (bicyclic) bond motifs is 1. The molecule has 11 heteroatoms. The van der Waals surface area contributed by atoms with Crippen molar-refractivity contribution in [2.75, 3.05) is 11.6 Å². The third-order valence-electron chi connectivity index (χ3n) is 6.00. The number of urea groups is 1. The van der Waals surface area contributed by atoms with Crippen LogP contribution in [0.4, 0.5) is 14.9 Å². The lowest BCUT2D eigenvalue weighted by molar-refractivity contribution is 0.0726. The third kappa shape index (κ3) is 4.92. The van der Waals surface area contributed by atoms with Gasteiger partial charge >= 0.3 is 6.03 Å². The van der Waals surface area contributed by atoms with Crippen molar-refractivity contribution in [3.8, 4) is 17.6 Å². The average molecular weight is 550 g/mol. The van der Waals surface area contributed by atoms with Gasteiger partial charge in [0.15, 0.2) is 11.5 Å². The summed E-state index contributed by atoms with van der Waals surface area (Å²) in [5.41, 5.74) is 2.31. The van der Waals surface area contributed by atoms with Crippen LogP contribution in [0.2, 0.25) is 10.0 Å². The van der Waals surface area contributed by atoms with Crippen molar-refractivity contribution in [1.29, 1.82) is 5.26 Å². The molecule has 3 aromatic rings. The highest BCUT2D eigenvalue weighted by atomic mass is 35.5. The minimum absolute atomic E-state index is 0.0599. The Morgan fingerprint density at radius 2 is 1.89 bits per heavy atom. The van der Waals surface area contributed by atoms with Crippen molar-refractivity contribution >= 4 is 46.5 Å². The molecule has 0 fully saturated rings. The van der Waals surface area contributed by atoms with E-state index in [2.05, 4.69) is 17.0 Å². The number of nitriles is 1. The van der Waals surface area contributed by atoms with Gasteiger partial charge in [0.25, 0.3) is 5.91 Å². The highest BCUT2D eigenvalue weighted by Gasteiger charge is 2.27. The lowest BCUT2D eigenvalue weighted by Gasteiger charge is -2.29. The molecule has 5 rings (SSSR count). The number of hydrazone groups is 1. The van der Waals surface area contributed by atoms with Crippen molar-refractivity contribution in [2.45, 2.75) is 13.0 Å². The predicted octanol–water partition coefficient (Wildman–Crippen LogP) is 6.05. The van der Waals surface area contributed by atoms with Crippen LogP contribution in [0.3, 0.4) is 0 Å². The zero-order valence-electron chi connectivity index (χ0n) is 19.7. The fourth-order valence-corrected chi connectivity index (χ4v) is 4.73. The van der Waals surface area contributed by atoms with Crippen LogP contribution in [0.5, 0.6) is 11.5 Å². The van der Waals surface area contributed by atoms with Gasteiger partial charge < -0.3 is 15.0 Å². The summed E-state index contributed by atoms with van der Waals surface area (Å²) in [5, 5.41) is 16.8. The second kappa shape index (κ2) is 10.2. The maximum absolute atomic E-state index is 13.5. The van der Waals surface area contributed by atoms with E-state index in [1.54, 1.807) is 35.2 Å². The van der Waals surface area contributed by atoms with Gasteiger partial charge in [0, 0.05) is 18.7 Å². The molecule has 3 amide bonds. The minimum Gasteiger partial charge on any atom is -0.454 e. The highest BCUT2D eigenvalue weighted by Crippen LogP contribution is 2.41. The molecule has 0 unspecified atom stereocenters. The Morgan fingerprint density at radius 3 is 2.61 bits per heavy atom. The minimum atomic E-state index is -0.624. The predicted molar refractivity (Wildman–Crippen MR) is 141 cm³/mol. The van der Waals surface area contributed by atoms with Crippen molar-refractivity contribution < 1.29 is 18.7 Å². The molecule has 2 aliphatic rings.